The molecule has 1 aliphatic heterocycles. The molecule has 2 atom stereocenters. The number of carbonyl (C=O) groups excluding carboxylic acids is 1. The molecule has 1 saturated carbocycles. The minimum atomic E-state index is -0.938. The summed E-state index contributed by atoms with van der Waals surface area (Å²) in [5, 5.41) is 24.0. The summed E-state index contributed by atoms with van der Waals surface area (Å²) in [5.41, 5.74) is -0.0461. The summed E-state index contributed by atoms with van der Waals surface area (Å²) in [7, 11) is 1.75. The zero-order valence-corrected chi connectivity index (χ0v) is 20.0. The molecule has 4 heterocycles. The number of aliphatic hydroxyl groups is 1. The highest BCUT2D eigenvalue weighted by atomic mass is 16.5. The van der Waals surface area contributed by atoms with Crippen molar-refractivity contribution in [1.82, 2.24) is 24.5 Å². The van der Waals surface area contributed by atoms with Crippen molar-refractivity contribution < 1.29 is 14.6 Å². The summed E-state index contributed by atoms with van der Waals surface area (Å²) in [6, 6.07) is 5.05. The van der Waals surface area contributed by atoms with Crippen LogP contribution in [0, 0.1) is 0 Å². The topological polar surface area (TPSA) is 135 Å². The highest BCUT2D eigenvalue weighted by Gasteiger charge is 2.38. The average Bonchev–Trinajstić information content (AvgIpc) is 3.43. The molecular weight excluding hydrogens is 450 g/mol. The Morgan fingerprint density at radius 3 is 2.80 bits per heavy atom. The van der Waals surface area contributed by atoms with E-state index in [-0.39, 0.29) is 23.6 Å². The van der Waals surface area contributed by atoms with Gasteiger partial charge in [-0.3, -0.25) is 9.59 Å². The lowest BCUT2D eigenvalue weighted by molar-refractivity contribution is 0.0368. The van der Waals surface area contributed by atoms with Crippen LogP contribution in [0.4, 0.5) is 17.3 Å². The molecule has 5 rings (SSSR count). The van der Waals surface area contributed by atoms with Crippen LogP contribution in [0.15, 0.2) is 35.4 Å². The van der Waals surface area contributed by atoms with Gasteiger partial charge in [-0.1, -0.05) is 0 Å². The number of aromatic nitrogens is 4. The number of nitrogens with one attached hydrogen (secondary N) is 3. The number of amides is 1. The SMILES string of the molecule is CNc1cc(Nc2cccn(C3CCOCC3)c2=O)nc2c(C(=O)NC3CCC[C@]3(C)O)cnn12. The second-order valence-corrected chi connectivity index (χ2v) is 9.45. The molecule has 0 aromatic carbocycles. The van der Waals surface area contributed by atoms with Crippen LogP contribution in [-0.4, -0.2) is 62.1 Å². The first-order chi connectivity index (χ1) is 16.9. The van der Waals surface area contributed by atoms with Gasteiger partial charge >= 0.3 is 0 Å². The van der Waals surface area contributed by atoms with Gasteiger partial charge in [0.25, 0.3) is 11.5 Å². The maximum Gasteiger partial charge on any atom is 0.274 e. The third kappa shape index (κ3) is 4.48. The van der Waals surface area contributed by atoms with Crippen LogP contribution in [0.3, 0.4) is 0 Å². The fourth-order valence-corrected chi connectivity index (χ4v) is 4.97. The van der Waals surface area contributed by atoms with E-state index >= 15 is 0 Å². The van der Waals surface area contributed by atoms with Crippen molar-refractivity contribution in [3.05, 3.63) is 46.5 Å². The molecular formula is C24H31N7O4. The largest absolute Gasteiger partial charge is 0.388 e. The van der Waals surface area contributed by atoms with Gasteiger partial charge in [-0.25, -0.2) is 4.98 Å². The highest BCUT2D eigenvalue weighted by molar-refractivity contribution is 6.00. The van der Waals surface area contributed by atoms with E-state index in [1.54, 1.807) is 36.9 Å². The number of hydrogen-bond donors (Lipinski definition) is 4. The third-order valence-corrected chi connectivity index (χ3v) is 7.03. The Kier molecular flexibility index (Phi) is 6.20. The Morgan fingerprint density at radius 1 is 1.29 bits per heavy atom. The molecule has 1 unspecified atom stereocenters. The molecule has 1 amide bonds. The predicted octanol–water partition coefficient (Wildman–Crippen LogP) is 2.06. The molecule has 11 nitrogen and oxygen atoms in total. The van der Waals surface area contributed by atoms with E-state index < -0.39 is 5.60 Å². The Hall–Kier alpha value is -3.44. The fourth-order valence-electron chi connectivity index (χ4n) is 4.97. The monoisotopic (exact) mass is 481 g/mol. The summed E-state index contributed by atoms with van der Waals surface area (Å²) in [6.07, 6.45) is 7.06. The number of fused-ring (bicyclic) bond motifs is 1. The Morgan fingerprint density at radius 2 is 2.09 bits per heavy atom. The van der Waals surface area contributed by atoms with Crippen LogP contribution < -0.4 is 21.5 Å². The highest BCUT2D eigenvalue weighted by Crippen LogP contribution is 2.30. The van der Waals surface area contributed by atoms with Crippen molar-refractivity contribution in [2.45, 2.75) is 56.7 Å². The molecule has 1 aliphatic carbocycles. The lowest BCUT2D eigenvalue weighted by Gasteiger charge is -2.26. The maximum absolute atomic E-state index is 13.2. The zero-order valence-electron chi connectivity index (χ0n) is 20.0. The Bertz CT molecular complexity index is 1290. The molecule has 11 heteroatoms. The van der Waals surface area contributed by atoms with Crippen LogP contribution in [0.25, 0.3) is 5.65 Å². The summed E-state index contributed by atoms with van der Waals surface area (Å²) < 4.78 is 8.71. The van der Waals surface area contributed by atoms with E-state index in [4.69, 9.17) is 4.74 Å². The maximum atomic E-state index is 13.2. The van der Waals surface area contributed by atoms with Gasteiger partial charge in [0.2, 0.25) is 0 Å². The van der Waals surface area contributed by atoms with Gasteiger partial charge in [0.1, 0.15) is 22.9 Å². The molecule has 0 bridgehead atoms. The van der Waals surface area contributed by atoms with Gasteiger partial charge < -0.3 is 30.4 Å². The molecule has 3 aromatic heterocycles. The van der Waals surface area contributed by atoms with Crippen LogP contribution in [0.2, 0.25) is 0 Å². The summed E-state index contributed by atoms with van der Waals surface area (Å²) >= 11 is 0. The van der Waals surface area contributed by atoms with E-state index in [1.807, 2.05) is 6.07 Å². The smallest absolute Gasteiger partial charge is 0.274 e. The number of hydrogen-bond acceptors (Lipinski definition) is 8. The number of pyridine rings is 1. The zero-order chi connectivity index (χ0) is 24.6. The lowest BCUT2D eigenvalue weighted by Crippen LogP contribution is -2.47. The molecule has 1 saturated heterocycles. The minimum absolute atomic E-state index is 0.0965. The molecule has 2 fully saturated rings. The summed E-state index contributed by atoms with van der Waals surface area (Å²) in [4.78, 5) is 30.9. The van der Waals surface area contributed by atoms with Gasteiger partial charge in [-0.2, -0.15) is 9.61 Å². The predicted molar refractivity (Wildman–Crippen MR) is 131 cm³/mol. The minimum Gasteiger partial charge on any atom is -0.388 e. The van der Waals surface area contributed by atoms with Gasteiger partial charge in [0.05, 0.1) is 17.8 Å². The molecule has 0 radical (unpaired) electrons. The molecule has 3 aromatic rings. The number of anilines is 3. The third-order valence-electron chi connectivity index (χ3n) is 7.03. The van der Waals surface area contributed by atoms with E-state index in [2.05, 4.69) is 26.0 Å². The van der Waals surface area contributed by atoms with E-state index in [0.29, 0.717) is 54.6 Å². The van der Waals surface area contributed by atoms with E-state index in [1.165, 1.54) is 10.7 Å². The van der Waals surface area contributed by atoms with Crippen molar-refractivity contribution in [2.24, 2.45) is 0 Å². The molecule has 4 N–H and O–H groups in total. The number of ether oxygens (including phenoxy) is 1. The van der Waals surface area contributed by atoms with Gasteiger partial charge in [0.15, 0.2) is 5.65 Å². The van der Waals surface area contributed by atoms with Gasteiger partial charge in [0, 0.05) is 38.6 Å². The van der Waals surface area contributed by atoms with Gasteiger partial charge in [-0.15, -0.1) is 0 Å². The van der Waals surface area contributed by atoms with Crippen molar-refractivity contribution in [3.8, 4) is 0 Å². The van der Waals surface area contributed by atoms with Gasteiger partial charge in [-0.05, 0) is 51.2 Å². The Balaban J connectivity index is 1.46. The van der Waals surface area contributed by atoms with E-state index in [0.717, 1.165) is 19.3 Å². The van der Waals surface area contributed by atoms with Crippen molar-refractivity contribution in [1.29, 1.82) is 0 Å². The normalized spacial score (nSPS) is 22.9. The first-order valence-electron chi connectivity index (χ1n) is 12.0. The summed E-state index contributed by atoms with van der Waals surface area (Å²) in [5.74, 6) is 0.664. The molecule has 0 spiro atoms. The average molecular weight is 482 g/mol. The fraction of sp³-hybridized carbons (Fsp3) is 0.500. The first-order valence-corrected chi connectivity index (χ1v) is 12.0. The molecule has 35 heavy (non-hydrogen) atoms. The van der Waals surface area contributed by atoms with Crippen molar-refractivity contribution in [2.75, 3.05) is 30.9 Å². The van der Waals surface area contributed by atoms with Crippen molar-refractivity contribution in [3.63, 3.8) is 0 Å². The molecule has 2 aliphatic rings. The number of carbonyl (C=O) groups is 1. The number of rotatable bonds is 6. The second kappa shape index (κ2) is 9.31. The van der Waals surface area contributed by atoms with Crippen LogP contribution in [0.5, 0.6) is 0 Å². The standard InChI is InChI=1S/C24H31N7O4/c1-24(34)9-3-6-18(24)28-22(32)16-14-26-31-20(25-2)13-19(29-21(16)31)27-17-5-4-10-30(23(17)33)15-7-11-35-12-8-15/h4-5,10,13-15,18,25,34H,3,6-9,11-12H2,1-2H3,(H,27,29)(H,28,32)/t18?,24-/m0/s1. The van der Waals surface area contributed by atoms with E-state index in [9.17, 15) is 14.7 Å². The van der Waals surface area contributed by atoms with Crippen LogP contribution in [-0.2, 0) is 4.74 Å². The van der Waals surface area contributed by atoms with Crippen LogP contribution >= 0.6 is 0 Å². The van der Waals surface area contributed by atoms with Crippen LogP contribution in [0.1, 0.15) is 55.4 Å². The first kappa shape index (κ1) is 23.3. The summed E-state index contributed by atoms with van der Waals surface area (Å²) in [6.45, 7) is 3.02. The Labute approximate surface area is 202 Å². The second-order valence-electron chi connectivity index (χ2n) is 9.45. The quantitative estimate of drug-likeness (QED) is 0.420. The van der Waals surface area contributed by atoms with Crippen molar-refractivity contribution >= 4 is 28.9 Å². The lowest BCUT2D eigenvalue weighted by atomic mass is 10.0. The molecule has 186 valence electrons. The number of nitrogens with zero attached hydrogens (tertiary/aromatic N) is 4.